The van der Waals surface area contributed by atoms with Crippen molar-refractivity contribution in [3.8, 4) is 5.75 Å². The lowest BCUT2D eigenvalue weighted by atomic mass is 10.1. The van der Waals surface area contributed by atoms with Crippen molar-refractivity contribution in [3.63, 3.8) is 0 Å². The van der Waals surface area contributed by atoms with Gasteiger partial charge in [0.25, 0.3) is 5.84 Å². The van der Waals surface area contributed by atoms with Gasteiger partial charge in [-0.2, -0.15) is 4.99 Å². The Morgan fingerprint density at radius 3 is 2.60 bits per heavy atom. The summed E-state index contributed by atoms with van der Waals surface area (Å²) in [5.41, 5.74) is 3.15. The van der Waals surface area contributed by atoms with Crippen molar-refractivity contribution in [3.05, 3.63) is 35.5 Å². The number of ether oxygens (including phenoxy) is 1. The van der Waals surface area contributed by atoms with Crippen LogP contribution in [0.3, 0.4) is 0 Å². The Kier molecular flexibility index (Phi) is 6.22. The molecule has 0 unspecified atom stereocenters. The molecule has 7 nitrogen and oxygen atoms in total. The van der Waals surface area contributed by atoms with Gasteiger partial charge in [-0.15, -0.1) is 0 Å². The van der Waals surface area contributed by atoms with Crippen molar-refractivity contribution in [2.24, 2.45) is 4.99 Å². The molecule has 3 aliphatic rings. The van der Waals surface area contributed by atoms with Crippen LogP contribution in [0.25, 0.3) is 5.70 Å². The van der Waals surface area contributed by atoms with Gasteiger partial charge < -0.3 is 9.64 Å². The minimum absolute atomic E-state index is 0.234. The molecule has 1 amide bonds. The van der Waals surface area contributed by atoms with E-state index in [1.807, 2.05) is 23.1 Å². The lowest BCUT2D eigenvalue weighted by Gasteiger charge is -2.38. The second kappa shape index (κ2) is 8.88. The third-order valence-electron chi connectivity index (χ3n) is 6.33. The van der Waals surface area contributed by atoms with Crippen molar-refractivity contribution in [2.45, 2.75) is 33.2 Å². The summed E-state index contributed by atoms with van der Waals surface area (Å²) in [5, 5.41) is 0. The predicted octanol–water partition coefficient (Wildman–Crippen LogP) is 2.15. The molecule has 0 bridgehead atoms. The van der Waals surface area contributed by atoms with Crippen LogP contribution in [-0.4, -0.2) is 85.5 Å². The number of benzene rings is 1. The molecule has 0 spiro atoms. The molecule has 3 heterocycles. The van der Waals surface area contributed by atoms with Crippen LogP contribution in [0, 0.1) is 0 Å². The molecule has 0 aromatic heterocycles. The van der Waals surface area contributed by atoms with Gasteiger partial charge in [0, 0.05) is 38.8 Å². The summed E-state index contributed by atoms with van der Waals surface area (Å²) in [7, 11) is 1.70. The van der Waals surface area contributed by atoms with Gasteiger partial charge >= 0.3 is 0 Å². The van der Waals surface area contributed by atoms with Crippen LogP contribution >= 0.6 is 0 Å². The molecule has 4 rings (SSSR count). The topological polar surface area (TPSA) is 54.3 Å². The standard InChI is InChI=1S/C23H33N5O2/c1-17(2)26-11-13-27(14-12-26)22(29)15-25-10-9-21-24-18(3)23(28(21)16-25)19-7-5-6-8-20(19)30-4/h5-8,17H,9-16H2,1-4H3/q+1. The van der Waals surface area contributed by atoms with Crippen molar-refractivity contribution < 1.29 is 9.53 Å². The summed E-state index contributed by atoms with van der Waals surface area (Å²) < 4.78 is 5.59. The van der Waals surface area contributed by atoms with Crippen LogP contribution in [0.15, 0.2) is 35.0 Å². The van der Waals surface area contributed by atoms with E-state index in [0.29, 0.717) is 19.3 Å². The van der Waals surface area contributed by atoms with Gasteiger partial charge in [-0.25, -0.2) is 4.90 Å². The van der Waals surface area contributed by atoms with Crippen LogP contribution in [-0.2, 0) is 4.79 Å². The monoisotopic (exact) mass is 411 g/mol. The first-order valence-corrected chi connectivity index (χ1v) is 10.9. The highest BCUT2D eigenvalue weighted by Gasteiger charge is 2.43. The van der Waals surface area contributed by atoms with E-state index in [0.717, 1.165) is 67.7 Å². The molecule has 0 atom stereocenters. The first-order chi connectivity index (χ1) is 14.5. The van der Waals surface area contributed by atoms with Crippen LogP contribution in [0.2, 0.25) is 0 Å². The normalized spacial score (nSPS) is 21.2. The van der Waals surface area contributed by atoms with Gasteiger partial charge in [-0.05, 0) is 32.9 Å². The van der Waals surface area contributed by atoms with Gasteiger partial charge in [-0.1, -0.05) is 17.0 Å². The molecule has 1 aromatic rings. The maximum atomic E-state index is 12.9. The number of hydrogen-bond acceptors (Lipinski definition) is 6. The first kappa shape index (κ1) is 21.0. The third-order valence-corrected chi connectivity index (χ3v) is 6.33. The summed E-state index contributed by atoms with van der Waals surface area (Å²) in [6.07, 6.45) is 0.852. The lowest BCUT2D eigenvalue weighted by molar-refractivity contribution is -0.134. The molecule has 0 N–H and O–H groups in total. The highest BCUT2D eigenvalue weighted by Crippen LogP contribution is 2.35. The van der Waals surface area contributed by atoms with Crippen molar-refractivity contribution in [1.29, 1.82) is 0 Å². The quantitative estimate of drug-likeness (QED) is 0.697. The van der Waals surface area contributed by atoms with Gasteiger partial charge in [0.2, 0.25) is 11.6 Å². The number of para-hydroxylation sites is 1. The lowest BCUT2D eigenvalue weighted by Crippen LogP contribution is -2.55. The number of carbonyl (C=O) groups is 1. The van der Waals surface area contributed by atoms with Gasteiger partial charge in [0.1, 0.15) is 11.4 Å². The van der Waals surface area contributed by atoms with Crippen LogP contribution in [0.5, 0.6) is 5.75 Å². The van der Waals surface area contributed by atoms with Gasteiger partial charge in [-0.3, -0.25) is 9.69 Å². The fourth-order valence-corrected chi connectivity index (χ4v) is 4.59. The zero-order chi connectivity index (χ0) is 21.3. The molecular weight excluding hydrogens is 378 g/mol. The smallest absolute Gasteiger partial charge is 0.260 e. The molecule has 7 heteroatoms. The fraction of sp³-hybridized carbons (Fsp3) is 0.565. The number of rotatable bonds is 5. The largest absolute Gasteiger partial charge is 0.496 e. The molecule has 1 radical (unpaired) electrons. The van der Waals surface area contributed by atoms with Crippen molar-refractivity contribution in [2.75, 3.05) is 53.0 Å². The Balaban J connectivity index is 1.42. The van der Waals surface area contributed by atoms with E-state index in [4.69, 9.17) is 9.73 Å². The molecule has 3 aliphatic heterocycles. The summed E-state index contributed by atoms with van der Waals surface area (Å²) in [4.78, 5) is 26.7. The van der Waals surface area contributed by atoms with Gasteiger partial charge in [0.05, 0.1) is 25.6 Å². The number of piperazine rings is 1. The molecule has 2 fully saturated rings. The van der Waals surface area contributed by atoms with E-state index in [9.17, 15) is 4.79 Å². The number of fused-ring (bicyclic) bond motifs is 1. The number of amides is 1. The van der Waals surface area contributed by atoms with E-state index in [1.165, 1.54) is 0 Å². The number of methoxy groups -OCH3 is 1. The highest BCUT2D eigenvalue weighted by molar-refractivity contribution is 6.00. The Morgan fingerprint density at radius 1 is 1.17 bits per heavy atom. The average Bonchev–Trinajstić information content (AvgIpc) is 3.08. The van der Waals surface area contributed by atoms with Crippen molar-refractivity contribution >= 4 is 17.4 Å². The van der Waals surface area contributed by atoms with Crippen LogP contribution in [0.4, 0.5) is 0 Å². The van der Waals surface area contributed by atoms with E-state index < -0.39 is 0 Å². The second-order valence-corrected chi connectivity index (χ2v) is 8.54. The minimum Gasteiger partial charge on any atom is -0.496 e. The highest BCUT2D eigenvalue weighted by atomic mass is 16.5. The third kappa shape index (κ3) is 4.15. The predicted molar refractivity (Wildman–Crippen MR) is 120 cm³/mol. The zero-order valence-corrected chi connectivity index (χ0v) is 18.6. The van der Waals surface area contributed by atoms with E-state index in [-0.39, 0.29) is 5.91 Å². The zero-order valence-electron chi connectivity index (χ0n) is 18.6. The maximum Gasteiger partial charge on any atom is 0.260 e. The van der Waals surface area contributed by atoms with Gasteiger partial charge in [0.15, 0.2) is 6.67 Å². The Morgan fingerprint density at radius 2 is 1.90 bits per heavy atom. The number of nitrogens with zero attached hydrogens (tertiary/aromatic N) is 5. The summed E-state index contributed by atoms with van der Waals surface area (Å²) in [6, 6.07) is 8.61. The van der Waals surface area contributed by atoms with Crippen molar-refractivity contribution in [1.82, 2.24) is 19.6 Å². The molecule has 2 saturated heterocycles. The summed E-state index contributed by atoms with van der Waals surface area (Å²) in [6.45, 7) is 12.1. The molecule has 0 saturated carbocycles. The van der Waals surface area contributed by atoms with E-state index in [1.54, 1.807) is 7.11 Å². The number of amidine groups is 1. The summed E-state index contributed by atoms with van der Waals surface area (Å²) in [5.74, 6) is 2.17. The maximum absolute atomic E-state index is 12.9. The molecule has 1 aromatic carbocycles. The number of hydrogen-bond donors (Lipinski definition) is 0. The fourth-order valence-electron chi connectivity index (χ4n) is 4.59. The number of aliphatic imine (C=N–C) groups is 1. The minimum atomic E-state index is 0.234. The van der Waals surface area contributed by atoms with E-state index >= 15 is 0 Å². The van der Waals surface area contributed by atoms with E-state index in [2.05, 4.69) is 41.5 Å². The second-order valence-electron chi connectivity index (χ2n) is 8.54. The SMILES string of the molecule is COc1ccccc1C1=C(C)N=C2CCN(CC(=O)N3CCN(C(C)C)CC3)C[N+]21. The molecular formula is C23H33N5O2+. The molecule has 161 valence electrons. The van der Waals surface area contributed by atoms with Crippen LogP contribution < -0.4 is 9.64 Å². The molecule has 0 aliphatic carbocycles. The van der Waals surface area contributed by atoms with Crippen LogP contribution in [0.1, 0.15) is 32.8 Å². The Bertz CT molecular complexity index is 855. The number of allylic oxidation sites excluding steroid dienone is 1. The number of carbonyl (C=O) groups excluding carboxylic acids is 1. The average molecular weight is 412 g/mol. The molecule has 30 heavy (non-hydrogen) atoms. The summed E-state index contributed by atoms with van der Waals surface area (Å²) >= 11 is 0. The Hall–Kier alpha value is -2.22. The first-order valence-electron chi connectivity index (χ1n) is 10.9. The Labute approximate surface area is 179 Å².